The van der Waals surface area contributed by atoms with Gasteiger partial charge >= 0.3 is 6.18 Å². The zero-order valence-corrected chi connectivity index (χ0v) is 14.7. The molecule has 1 unspecified atom stereocenters. The van der Waals surface area contributed by atoms with Gasteiger partial charge in [-0.2, -0.15) is 17.5 Å². The van der Waals surface area contributed by atoms with E-state index in [0.29, 0.717) is 10.3 Å². The molecule has 0 N–H and O–H groups in total. The van der Waals surface area contributed by atoms with Gasteiger partial charge in [0.25, 0.3) is 0 Å². The minimum atomic E-state index is -4.52. The molecule has 140 valence electrons. The SMILES string of the molecule is CN(C1CCN(CC(F)(F)F)C1=O)S(=O)(=O)c1cccc2ccccc12. The highest BCUT2D eigenvalue weighted by atomic mass is 32.2. The zero-order valence-electron chi connectivity index (χ0n) is 13.9. The van der Waals surface area contributed by atoms with Crippen LogP contribution in [0.4, 0.5) is 13.2 Å². The quantitative estimate of drug-likeness (QED) is 0.812. The first-order valence-corrected chi connectivity index (χ1v) is 9.36. The van der Waals surface area contributed by atoms with Gasteiger partial charge in [-0.3, -0.25) is 4.79 Å². The van der Waals surface area contributed by atoms with Crippen LogP contribution in [0.1, 0.15) is 6.42 Å². The number of benzene rings is 2. The number of carbonyl (C=O) groups is 1. The lowest BCUT2D eigenvalue weighted by molar-refractivity contribution is -0.158. The fourth-order valence-corrected chi connectivity index (χ4v) is 4.73. The lowest BCUT2D eigenvalue weighted by Crippen LogP contribution is -2.44. The van der Waals surface area contributed by atoms with E-state index in [4.69, 9.17) is 0 Å². The second kappa shape index (κ2) is 6.55. The minimum Gasteiger partial charge on any atom is -0.332 e. The van der Waals surface area contributed by atoms with Gasteiger partial charge < -0.3 is 4.90 Å². The number of fused-ring (bicyclic) bond motifs is 1. The molecule has 26 heavy (non-hydrogen) atoms. The third-order valence-electron chi connectivity index (χ3n) is 4.48. The number of sulfonamides is 1. The summed E-state index contributed by atoms with van der Waals surface area (Å²) in [6.45, 7) is -1.50. The van der Waals surface area contributed by atoms with Crippen LogP contribution in [-0.4, -0.2) is 55.9 Å². The maximum absolute atomic E-state index is 13.0. The molecule has 1 saturated heterocycles. The maximum Gasteiger partial charge on any atom is 0.406 e. The predicted octanol–water partition coefficient (Wildman–Crippen LogP) is 2.62. The van der Waals surface area contributed by atoms with Crippen molar-refractivity contribution in [1.29, 1.82) is 0 Å². The third kappa shape index (κ3) is 3.41. The molecule has 0 spiro atoms. The fourth-order valence-electron chi connectivity index (χ4n) is 3.18. The van der Waals surface area contributed by atoms with Crippen molar-refractivity contribution < 1.29 is 26.4 Å². The van der Waals surface area contributed by atoms with Gasteiger partial charge in [0.05, 0.1) is 4.90 Å². The molecule has 1 amide bonds. The molecule has 1 aliphatic heterocycles. The first kappa shape index (κ1) is 18.7. The van der Waals surface area contributed by atoms with E-state index in [1.807, 2.05) is 0 Å². The Labute approximate surface area is 149 Å². The highest BCUT2D eigenvalue weighted by molar-refractivity contribution is 7.89. The van der Waals surface area contributed by atoms with E-state index in [2.05, 4.69) is 0 Å². The van der Waals surface area contributed by atoms with E-state index in [1.54, 1.807) is 36.4 Å². The van der Waals surface area contributed by atoms with Gasteiger partial charge in [0, 0.05) is 19.0 Å². The Kier molecular flexibility index (Phi) is 4.70. The van der Waals surface area contributed by atoms with Crippen LogP contribution >= 0.6 is 0 Å². The molecule has 9 heteroatoms. The van der Waals surface area contributed by atoms with Crippen molar-refractivity contribution >= 4 is 26.7 Å². The molecular formula is C17H17F3N2O3S. The number of likely N-dealkylation sites (tertiary alicyclic amines) is 1. The number of carbonyl (C=O) groups excluding carboxylic acids is 1. The lowest BCUT2D eigenvalue weighted by atomic mass is 10.1. The van der Waals surface area contributed by atoms with Crippen LogP contribution < -0.4 is 0 Å². The number of hydrogen-bond acceptors (Lipinski definition) is 3. The Morgan fingerprint density at radius 3 is 2.50 bits per heavy atom. The summed E-state index contributed by atoms with van der Waals surface area (Å²) in [6, 6.07) is 10.5. The van der Waals surface area contributed by atoms with Gasteiger partial charge in [-0.25, -0.2) is 8.42 Å². The van der Waals surface area contributed by atoms with Gasteiger partial charge in [0.1, 0.15) is 12.6 Å². The summed E-state index contributed by atoms with van der Waals surface area (Å²) in [5, 5.41) is 1.22. The molecule has 2 aromatic carbocycles. The maximum atomic E-state index is 13.0. The molecule has 0 aromatic heterocycles. The Balaban J connectivity index is 1.92. The average molecular weight is 386 g/mol. The standard InChI is InChI=1S/C17H17F3N2O3S/c1-21(14-9-10-22(16(14)23)11-17(18,19)20)26(24,25)15-8-4-6-12-5-2-3-7-13(12)15/h2-8,14H,9-11H2,1H3. The van der Waals surface area contributed by atoms with Gasteiger partial charge in [0.15, 0.2) is 0 Å². The topological polar surface area (TPSA) is 57.7 Å². The Hall–Kier alpha value is -2.13. The first-order chi connectivity index (χ1) is 12.1. The summed E-state index contributed by atoms with van der Waals surface area (Å²) < 4.78 is 64.6. The molecule has 3 rings (SSSR count). The molecule has 0 radical (unpaired) electrons. The monoisotopic (exact) mass is 386 g/mol. The Morgan fingerprint density at radius 1 is 1.15 bits per heavy atom. The molecule has 1 aliphatic rings. The van der Waals surface area contributed by atoms with Gasteiger partial charge in [-0.1, -0.05) is 36.4 Å². The number of amides is 1. The fraction of sp³-hybridized carbons (Fsp3) is 0.353. The first-order valence-electron chi connectivity index (χ1n) is 7.92. The van der Waals surface area contributed by atoms with Crippen LogP contribution in [0.3, 0.4) is 0 Å². The summed E-state index contributed by atoms with van der Waals surface area (Å²) in [4.78, 5) is 13.0. The number of hydrogen-bond donors (Lipinski definition) is 0. The summed E-state index contributed by atoms with van der Waals surface area (Å²) in [5.41, 5.74) is 0. The molecule has 1 heterocycles. The predicted molar refractivity (Wildman–Crippen MR) is 89.9 cm³/mol. The van der Waals surface area contributed by atoms with Crippen LogP contribution in [0.15, 0.2) is 47.4 Å². The molecule has 2 aromatic rings. The minimum absolute atomic E-state index is 0.0232. The second-order valence-corrected chi connectivity index (χ2v) is 8.14. The normalized spacial score (nSPS) is 18.9. The van der Waals surface area contributed by atoms with Crippen molar-refractivity contribution in [1.82, 2.24) is 9.21 Å². The van der Waals surface area contributed by atoms with Crippen LogP contribution in [0.25, 0.3) is 10.8 Å². The number of likely N-dealkylation sites (N-methyl/N-ethyl adjacent to an activating group) is 1. The van der Waals surface area contributed by atoms with Crippen molar-refractivity contribution in [2.45, 2.75) is 23.5 Å². The summed E-state index contributed by atoms with van der Waals surface area (Å²) >= 11 is 0. The van der Waals surface area contributed by atoms with Gasteiger partial charge in [0.2, 0.25) is 15.9 Å². The smallest absolute Gasteiger partial charge is 0.332 e. The van der Waals surface area contributed by atoms with Crippen LogP contribution in [0.2, 0.25) is 0 Å². The lowest BCUT2D eigenvalue weighted by Gasteiger charge is -2.24. The van der Waals surface area contributed by atoms with Gasteiger partial charge in [-0.15, -0.1) is 0 Å². The molecule has 1 atom stereocenters. The number of nitrogens with zero attached hydrogens (tertiary/aromatic N) is 2. The zero-order chi connectivity index (χ0) is 19.1. The van der Waals surface area contributed by atoms with Crippen LogP contribution in [0.5, 0.6) is 0 Å². The van der Waals surface area contributed by atoms with E-state index in [-0.39, 0.29) is 17.9 Å². The van der Waals surface area contributed by atoms with Crippen molar-refractivity contribution in [2.75, 3.05) is 20.1 Å². The number of alkyl halides is 3. The average Bonchev–Trinajstić information content (AvgIpc) is 2.92. The second-order valence-electron chi connectivity index (χ2n) is 6.18. The van der Waals surface area contributed by atoms with Crippen molar-refractivity contribution in [3.8, 4) is 0 Å². The summed E-state index contributed by atoms with van der Waals surface area (Å²) in [5.74, 6) is -0.825. The van der Waals surface area contributed by atoms with E-state index in [1.165, 1.54) is 13.1 Å². The van der Waals surface area contributed by atoms with Crippen molar-refractivity contribution in [3.63, 3.8) is 0 Å². The largest absolute Gasteiger partial charge is 0.406 e. The van der Waals surface area contributed by atoms with Crippen LogP contribution in [0, 0.1) is 0 Å². The molecule has 0 aliphatic carbocycles. The van der Waals surface area contributed by atoms with E-state index in [0.717, 1.165) is 9.69 Å². The highest BCUT2D eigenvalue weighted by Gasteiger charge is 2.43. The highest BCUT2D eigenvalue weighted by Crippen LogP contribution is 2.29. The van der Waals surface area contributed by atoms with Crippen LogP contribution in [-0.2, 0) is 14.8 Å². The molecule has 5 nitrogen and oxygen atoms in total. The Bertz CT molecular complexity index is 938. The molecular weight excluding hydrogens is 369 g/mol. The van der Waals surface area contributed by atoms with Crippen molar-refractivity contribution in [2.24, 2.45) is 0 Å². The van der Waals surface area contributed by atoms with E-state index >= 15 is 0 Å². The van der Waals surface area contributed by atoms with E-state index in [9.17, 15) is 26.4 Å². The Morgan fingerprint density at radius 2 is 1.81 bits per heavy atom. The van der Waals surface area contributed by atoms with E-state index < -0.39 is 34.7 Å². The van der Waals surface area contributed by atoms with Gasteiger partial charge in [-0.05, 0) is 17.9 Å². The molecule has 0 bridgehead atoms. The number of rotatable bonds is 4. The summed E-state index contributed by atoms with van der Waals surface area (Å²) in [7, 11) is -2.81. The summed E-state index contributed by atoms with van der Waals surface area (Å²) in [6.07, 6.45) is -4.49. The molecule has 0 saturated carbocycles. The molecule has 1 fully saturated rings. The van der Waals surface area contributed by atoms with Crippen molar-refractivity contribution in [3.05, 3.63) is 42.5 Å². The number of halogens is 3. The third-order valence-corrected chi connectivity index (χ3v) is 6.41.